The summed E-state index contributed by atoms with van der Waals surface area (Å²) in [6, 6.07) is 6.78. The van der Waals surface area contributed by atoms with E-state index in [4.69, 9.17) is 5.73 Å². The van der Waals surface area contributed by atoms with Crippen LogP contribution in [0.2, 0.25) is 0 Å². The Morgan fingerprint density at radius 2 is 2.05 bits per heavy atom. The lowest BCUT2D eigenvalue weighted by atomic mass is 10.1. The number of benzene rings is 1. The van der Waals surface area contributed by atoms with Crippen molar-refractivity contribution < 1.29 is 8.42 Å². The van der Waals surface area contributed by atoms with Crippen LogP contribution in [-0.2, 0) is 23.0 Å². The van der Waals surface area contributed by atoms with Gasteiger partial charge in [-0.2, -0.15) is 5.10 Å². The molecule has 0 saturated carbocycles. The highest BCUT2D eigenvalue weighted by atomic mass is 32.2. The highest BCUT2D eigenvalue weighted by molar-refractivity contribution is 7.89. The quantitative estimate of drug-likeness (QED) is 0.666. The van der Waals surface area contributed by atoms with Crippen LogP contribution in [-0.4, -0.2) is 25.2 Å². The van der Waals surface area contributed by atoms with Crippen LogP contribution in [0.15, 0.2) is 35.4 Å². The van der Waals surface area contributed by atoms with Gasteiger partial charge in [-0.05, 0) is 37.0 Å². The molecule has 21 heavy (non-hydrogen) atoms. The number of nitrogens with one attached hydrogen (secondary N) is 2. The molecule has 2 aromatic rings. The largest absolute Gasteiger partial charge is 0.326 e. The van der Waals surface area contributed by atoms with Crippen LogP contribution in [0.5, 0.6) is 0 Å². The SMILES string of the molecule is Cc1[nH]ncc1CCCNS(=O)(=O)c1ccccc1CN. The number of rotatable bonds is 7. The van der Waals surface area contributed by atoms with E-state index in [1.54, 1.807) is 30.5 Å². The Labute approximate surface area is 124 Å². The second-order valence-corrected chi connectivity index (χ2v) is 6.57. The lowest BCUT2D eigenvalue weighted by molar-refractivity contribution is 0.577. The van der Waals surface area contributed by atoms with Crippen molar-refractivity contribution in [3.05, 3.63) is 47.3 Å². The van der Waals surface area contributed by atoms with E-state index in [1.165, 1.54) is 0 Å². The number of hydrogen-bond donors (Lipinski definition) is 3. The summed E-state index contributed by atoms with van der Waals surface area (Å²) in [4.78, 5) is 0.256. The minimum atomic E-state index is -3.51. The predicted molar refractivity (Wildman–Crippen MR) is 81.2 cm³/mol. The van der Waals surface area contributed by atoms with Gasteiger partial charge in [0.05, 0.1) is 11.1 Å². The van der Waals surface area contributed by atoms with E-state index in [9.17, 15) is 8.42 Å². The molecule has 0 aliphatic rings. The molecule has 0 atom stereocenters. The number of H-pyrrole nitrogens is 1. The summed E-state index contributed by atoms with van der Waals surface area (Å²) < 4.78 is 27.1. The first-order valence-corrected chi connectivity index (χ1v) is 8.29. The Bertz CT molecular complexity index is 695. The summed E-state index contributed by atoms with van der Waals surface area (Å²) in [5, 5.41) is 6.81. The van der Waals surface area contributed by atoms with Gasteiger partial charge < -0.3 is 5.73 Å². The van der Waals surface area contributed by atoms with E-state index in [-0.39, 0.29) is 11.4 Å². The van der Waals surface area contributed by atoms with Gasteiger partial charge in [0.25, 0.3) is 0 Å². The average Bonchev–Trinajstić information content (AvgIpc) is 2.89. The second kappa shape index (κ2) is 6.84. The molecule has 0 aliphatic carbocycles. The minimum Gasteiger partial charge on any atom is -0.326 e. The van der Waals surface area contributed by atoms with Gasteiger partial charge in [0.15, 0.2) is 0 Å². The third-order valence-corrected chi connectivity index (χ3v) is 4.89. The van der Waals surface area contributed by atoms with Crippen molar-refractivity contribution in [2.45, 2.75) is 31.2 Å². The molecule has 1 heterocycles. The van der Waals surface area contributed by atoms with Gasteiger partial charge in [-0.1, -0.05) is 18.2 Å². The number of nitrogens with two attached hydrogens (primary N) is 1. The van der Waals surface area contributed by atoms with Crippen LogP contribution in [0.1, 0.15) is 23.2 Å². The highest BCUT2D eigenvalue weighted by Gasteiger charge is 2.16. The lowest BCUT2D eigenvalue weighted by Gasteiger charge is -2.10. The molecular weight excluding hydrogens is 288 g/mol. The Kier molecular flexibility index (Phi) is 5.11. The van der Waals surface area contributed by atoms with Crippen LogP contribution in [0.25, 0.3) is 0 Å². The molecule has 0 amide bonds. The van der Waals surface area contributed by atoms with Crippen LogP contribution < -0.4 is 10.5 Å². The number of sulfonamides is 1. The Morgan fingerprint density at radius 3 is 2.71 bits per heavy atom. The molecule has 4 N–H and O–H groups in total. The maximum absolute atomic E-state index is 12.3. The second-order valence-electron chi connectivity index (χ2n) is 4.83. The van der Waals surface area contributed by atoms with Crippen molar-refractivity contribution in [2.24, 2.45) is 5.73 Å². The summed E-state index contributed by atoms with van der Waals surface area (Å²) in [5.41, 5.74) is 8.33. The van der Waals surface area contributed by atoms with Crippen LogP contribution >= 0.6 is 0 Å². The van der Waals surface area contributed by atoms with Crippen molar-refractivity contribution >= 4 is 10.0 Å². The summed E-state index contributed by atoms with van der Waals surface area (Å²) >= 11 is 0. The zero-order valence-corrected chi connectivity index (χ0v) is 12.8. The Balaban J connectivity index is 1.94. The molecule has 0 fully saturated rings. The van der Waals surface area contributed by atoms with Crippen molar-refractivity contribution in [2.75, 3.05) is 6.54 Å². The van der Waals surface area contributed by atoms with Crippen LogP contribution in [0.4, 0.5) is 0 Å². The van der Waals surface area contributed by atoms with E-state index in [1.807, 2.05) is 6.92 Å². The third-order valence-electron chi connectivity index (χ3n) is 3.33. The standard InChI is InChI=1S/C14H20N4O2S/c1-11-13(10-16-18-11)6-4-8-17-21(19,20)14-7-3-2-5-12(14)9-15/h2-3,5,7,10,17H,4,6,8-9,15H2,1H3,(H,16,18). The zero-order chi connectivity index (χ0) is 15.3. The van der Waals surface area contributed by atoms with Gasteiger partial charge in [0.1, 0.15) is 0 Å². The van der Waals surface area contributed by atoms with Crippen LogP contribution in [0, 0.1) is 6.92 Å². The fourth-order valence-corrected chi connectivity index (χ4v) is 3.45. The first-order chi connectivity index (χ1) is 10.0. The number of aromatic nitrogens is 2. The van der Waals surface area contributed by atoms with E-state index in [2.05, 4.69) is 14.9 Å². The maximum Gasteiger partial charge on any atom is 0.240 e. The lowest BCUT2D eigenvalue weighted by Crippen LogP contribution is -2.26. The molecule has 0 bridgehead atoms. The van der Waals surface area contributed by atoms with E-state index >= 15 is 0 Å². The first-order valence-electron chi connectivity index (χ1n) is 6.81. The monoisotopic (exact) mass is 308 g/mol. The predicted octanol–water partition coefficient (Wildman–Crippen LogP) is 1.09. The highest BCUT2D eigenvalue weighted by Crippen LogP contribution is 2.14. The van der Waals surface area contributed by atoms with E-state index in [0.29, 0.717) is 18.5 Å². The van der Waals surface area contributed by atoms with E-state index in [0.717, 1.165) is 17.7 Å². The van der Waals surface area contributed by atoms with Gasteiger partial charge in [-0.25, -0.2) is 13.1 Å². The van der Waals surface area contributed by atoms with Gasteiger partial charge in [0, 0.05) is 18.8 Å². The fourth-order valence-electron chi connectivity index (χ4n) is 2.13. The average molecular weight is 308 g/mol. The molecule has 7 heteroatoms. The molecule has 1 aromatic carbocycles. The number of hydrogen-bond acceptors (Lipinski definition) is 4. The maximum atomic E-state index is 12.3. The van der Waals surface area contributed by atoms with Gasteiger partial charge >= 0.3 is 0 Å². The van der Waals surface area contributed by atoms with Crippen molar-refractivity contribution in [3.63, 3.8) is 0 Å². The summed E-state index contributed by atoms with van der Waals surface area (Å²) in [5.74, 6) is 0. The van der Waals surface area contributed by atoms with E-state index < -0.39 is 10.0 Å². The van der Waals surface area contributed by atoms with Crippen molar-refractivity contribution in [3.8, 4) is 0 Å². The number of aromatic amines is 1. The molecule has 6 nitrogen and oxygen atoms in total. The zero-order valence-electron chi connectivity index (χ0n) is 12.0. The third kappa shape index (κ3) is 3.90. The van der Waals surface area contributed by atoms with Gasteiger partial charge in [-0.15, -0.1) is 0 Å². The van der Waals surface area contributed by atoms with Crippen LogP contribution in [0.3, 0.4) is 0 Å². The Hall–Kier alpha value is -1.70. The van der Waals surface area contributed by atoms with Crippen molar-refractivity contribution in [1.29, 1.82) is 0 Å². The van der Waals surface area contributed by atoms with Crippen molar-refractivity contribution in [1.82, 2.24) is 14.9 Å². The smallest absolute Gasteiger partial charge is 0.240 e. The molecule has 0 unspecified atom stereocenters. The molecule has 1 aromatic heterocycles. The topological polar surface area (TPSA) is 101 Å². The summed E-state index contributed by atoms with van der Waals surface area (Å²) in [6.07, 6.45) is 3.27. The number of aryl methyl sites for hydroxylation is 2. The first kappa shape index (κ1) is 15.7. The molecule has 114 valence electrons. The molecular formula is C14H20N4O2S. The minimum absolute atomic E-state index is 0.200. The fraction of sp³-hybridized carbons (Fsp3) is 0.357. The molecule has 0 radical (unpaired) electrons. The van der Waals surface area contributed by atoms with Gasteiger partial charge in [-0.3, -0.25) is 5.10 Å². The summed E-state index contributed by atoms with van der Waals surface area (Å²) in [7, 11) is -3.51. The molecule has 2 rings (SSSR count). The normalized spacial score (nSPS) is 11.7. The summed E-state index contributed by atoms with van der Waals surface area (Å²) in [6.45, 7) is 2.53. The van der Waals surface area contributed by atoms with Gasteiger partial charge in [0.2, 0.25) is 10.0 Å². The Morgan fingerprint density at radius 1 is 1.29 bits per heavy atom. The molecule has 0 aliphatic heterocycles. The molecule has 0 spiro atoms. The number of nitrogens with zero attached hydrogens (tertiary/aromatic N) is 1. The molecule has 0 saturated heterocycles.